The molecule has 1 atom stereocenters. The Morgan fingerprint density at radius 2 is 2.05 bits per heavy atom. The van der Waals surface area contributed by atoms with E-state index in [1.807, 2.05) is 44.2 Å². The number of hydrogen-bond acceptors (Lipinski definition) is 5. The topological polar surface area (TPSA) is 68.8 Å². The molecule has 2 aromatic heterocycles. The molecule has 6 nitrogen and oxygen atoms in total. The van der Waals surface area contributed by atoms with Crippen molar-refractivity contribution >= 4 is 5.69 Å². The van der Waals surface area contributed by atoms with Crippen molar-refractivity contribution < 1.29 is 4.42 Å². The van der Waals surface area contributed by atoms with Crippen LogP contribution in [0.3, 0.4) is 0 Å². The van der Waals surface area contributed by atoms with E-state index in [0.717, 1.165) is 28.5 Å². The standard InChI is InChI=1S/C15H17N5O/c1-10-4-6-13(8-14(10)20-9-16-18-19-20)17-12(3)15-7-5-11(2)21-15/h4-9,12,17H,1-3H3. The van der Waals surface area contributed by atoms with Crippen molar-refractivity contribution in [3.63, 3.8) is 0 Å². The van der Waals surface area contributed by atoms with Crippen molar-refractivity contribution in [3.8, 4) is 5.69 Å². The quantitative estimate of drug-likeness (QED) is 0.797. The molecule has 108 valence electrons. The highest BCUT2D eigenvalue weighted by Crippen LogP contribution is 2.24. The number of furan rings is 1. The predicted octanol–water partition coefficient (Wildman–Crippen LogP) is 3.05. The van der Waals surface area contributed by atoms with E-state index in [-0.39, 0.29) is 6.04 Å². The number of nitrogens with one attached hydrogen (secondary N) is 1. The number of hydrogen-bond donors (Lipinski definition) is 1. The number of aromatic nitrogens is 4. The van der Waals surface area contributed by atoms with Gasteiger partial charge in [0.15, 0.2) is 0 Å². The Hall–Kier alpha value is -2.63. The zero-order chi connectivity index (χ0) is 14.8. The van der Waals surface area contributed by atoms with Crippen LogP contribution in [0.1, 0.15) is 30.0 Å². The molecular weight excluding hydrogens is 266 g/mol. The summed E-state index contributed by atoms with van der Waals surface area (Å²) in [5.41, 5.74) is 3.05. The van der Waals surface area contributed by atoms with Crippen LogP contribution in [0, 0.1) is 13.8 Å². The summed E-state index contributed by atoms with van der Waals surface area (Å²) < 4.78 is 7.30. The monoisotopic (exact) mass is 283 g/mol. The molecule has 0 bridgehead atoms. The minimum Gasteiger partial charge on any atom is -0.464 e. The third-order valence-electron chi connectivity index (χ3n) is 3.38. The summed E-state index contributed by atoms with van der Waals surface area (Å²) in [6, 6.07) is 10.1. The van der Waals surface area contributed by atoms with E-state index in [2.05, 4.69) is 27.8 Å². The zero-order valence-electron chi connectivity index (χ0n) is 12.2. The van der Waals surface area contributed by atoms with Gasteiger partial charge < -0.3 is 9.73 Å². The third kappa shape index (κ3) is 2.79. The van der Waals surface area contributed by atoms with E-state index >= 15 is 0 Å². The summed E-state index contributed by atoms with van der Waals surface area (Å²) in [7, 11) is 0. The number of tetrazole rings is 1. The lowest BCUT2D eigenvalue weighted by Crippen LogP contribution is -2.07. The maximum atomic E-state index is 5.64. The van der Waals surface area contributed by atoms with Crippen molar-refractivity contribution in [1.29, 1.82) is 0 Å². The van der Waals surface area contributed by atoms with E-state index in [1.165, 1.54) is 0 Å². The molecule has 0 fully saturated rings. The maximum Gasteiger partial charge on any atom is 0.143 e. The number of anilines is 1. The molecule has 3 aromatic rings. The number of aryl methyl sites for hydroxylation is 2. The fraction of sp³-hybridized carbons (Fsp3) is 0.267. The number of nitrogens with zero attached hydrogens (tertiary/aromatic N) is 4. The second-order valence-electron chi connectivity index (χ2n) is 5.07. The van der Waals surface area contributed by atoms with E-state index in [1.54, 1.807) is 11.0 Å². The highest BCUT2D eigenvalue weighted by molar-refractivity contribution is 5.55. The molecule has 0 aliphatic rings. The van der Waals surface area contributed by atoms with Crippen LogP contribution in [0.2, 0.25) is 0 Å². The molecular formula is C15H17N5O. The first-order valence-electron chi connectivity index (χ1n) is 6.80. The van der Waals surface area contributed by atoms with Gasteiger partial charge in [-0.05, 0) is 61.0 Å². The molecule has 0 aliphatic heterocycles. The molecule has 0 saturated carbocycles. The van der Waals surface area contributed by atoms with Gasteiger partial charge in [0.25, 0.3) is 0 Å². The number of benzene rings is 1. The molecule has 0 spiro atoms. The van der Waals surface area contributed by atoms with Crippen LogP contribution in [0.15, 0.2) is 41.1 Å². The summed E-state index contributed by atoms with van der Waals surface area (Å²) >= 11 is 0. The lowest BCUT2D eigenvalue weighted by molar-refractivity contribution is 0.467. The van der Waals surface area contributed by atoms with Gasteiger partial charge in [0.2, 0.25) is 0 Å². The first kappa shape index (κ1) is 13.4. The third-order valence-corrected chi connectivity index (χ3v) is 3.38. The van der Waals surface area contributed by atoms with Gasteiger partial charge in [-0.1, -0.05) is 6.07 Å². The molecule has 0 radical (unpaired) electrons. The first-order valence-corrected chi connectivity index (χ1v) is 6.80. The van der Waals surface area contributed by atoms with Crippen molar-refractivity contribution in [3.05, 3.63) is 53.7 Å². The van der Waals surface area contributed by atoms with Crippen LogP contribution in [0.25, 0.3) is 5.69 Å². The summed E-state index contributed by atoms with van der Waals surface area (Å²) in [4.78, 5) is 0. The van der Waals surface area contributed by atoms with Crippen LogP contribution in [0.5, 0.6) is 0 Å². The summed E-state index contributed by atoms with van der Waals surface area (Å²) in [6.07, 6.45) is 1.59. The van der Waals surface area contributed by atoms with Gasteiger partial charge in [-0.25, -0.2) is 4.68 Å². The Kier molecular flexibility index (Phi) is 3.43. The largest absolute Gasteiger partial charge is 0.464 e. The second kappa shape index (κ2) is 5.40. The minimum absolute atomic E-state index is 0.0862. The fourth-order valence-corrected chi connectivity index (χ4v) is 2.22. The Bertz CT molecular complexity index is 732. The van der Waals surface area contributed by atoms with E-state index < -0.39 is 0 Å². The lowest BCUT2D eigenvalue weighted by Gasteiger charge is -2.15. The SMILES string of the molecule is Cc1ccc(C(C)Nc2ccc(C)c(-n3cnnn3)c2)o1. The van der Waals surface area contributed by atoms with Crippen LogP contribution >= 0.6 is 0 Å². The highest BCUT2D eigenvalue weighted by atomic mass is 16.3. The van der Waals surface area contributed by atoms with Crippen LogP contribution in [0.4, 0.5) is 5.69 Å². The normalized spacial score (nSPS) is 12.3. The zero-order valence-corrected chi connectivity index (χ0v) is 12.2. The highest BCUT2D eigenvalue weighted by Gasteiger charge is 2.11. The van der Waals surface area contributed by atoms with Crippen LogP contribution < -0.4 is 5.32 Å². The van der Waals surface area contributed by atoms with Gasteiger partial charge in [0, 0.05) is 5.69 Å². The van der Waals surface area contributed by atoms with Gasteiger partial charge >= 0.3 is 0 Å². The average molecular weight is 283 g/mol. The number of rotatable bonds is 4. The molecule has 0 aliphatic carbocycles. The summed E-state index contributed by atoms with van der Waals surface area (Å²) in [5, 5.41) is 14.7. The Morgan fingerprint density at radius 3 is 2.71 bits per heavy atom. The van der Waals surface area contributed by atoms with Crippen molar-refractivity contribution in [2.24, 2.45) is 0 Å². The molecule has 6 heteroatoms. The van der Waals surface area contributed by atoms with Gasteiger partial charge in [0.1, 0.15) is 17.8 Å². The Labute approximate surface area is 122 Å². The van der Waals surface area contributed by atoms with Crippen molar-refractivity contribution in [1.82, 2.24) is 20.2 Å². The predicted molar refractivity (Wildman–Crippen MR) is 79.4 cm³/mol. The fourth-order valence-electron chi connectivity index (χ4n) is 2.22. The summed E-state index contributed by atoms with van der Waals surface area (Å²) in [6.45, 7) is 6.03. The van der Waals surface area contributed by atoms with Gasteiger partial charge in [-0.2, -0.15) is 0 Å². The van der Waals surface area contributed by atoms with E-state index in [4.69, 9.17) is 4.42 Å². The first-order chi connectivity index (χ1) is 10.1. The molecule has 3 rings (SSSR count). The molecule has 0 amide bonds. The van der Waals surface area contributed by atoms with Crippen molar-refractivity contribution in [2.45, 2.75) is 26.8 Å². The molecule has 2 heterocycles. The molecule has 1 unspecified atom stereocenters. The van der Waals surface area contributed by atoms with E-state index in [9.17, 15) is 0 Å². The van der Waals surface area contributed by atoms with Gasteiger partial charge in [-0.15, -0.1) is 5.10 Å². The van der Waals surface area contributed by atoms with Crippen molar-refractivity contribution in [2.75, 3.05) is 5.32 Å². The molecule has 1 N–H and O–H groups in total. The second-order valence-corrected chi connectivity index (χ2v) is 5.07. The Morgan fingerprint density at radius 1 is 1.19 bits per heavy atom. The molecule has 0 saturated heterocycles. The minimum atomic E-state index is 0.0862. The van der Waals surface area contributed by atoms with Crippen LogP contribution in [-0.4, -0.2) is 20.2 Å². The van der Waals surface area contributed by atoms with E-state index in [0.29, 0.717) is 0 Å². The maximum absolute atomic E-state index is 5.64. The van der Waals surface area contributed by atoms with Crippen LogP contribution in [-0.2, 0) is 0 Å². The Balaban J connectivity index is 1.85. The van der Waals surface area contributed by atoms with Gasteiger partial charge in [-0.3, -0.25) is 0 Å². The average Bonchev–Trinajstić information content (AvgIpc) is 3.12. The summed E-state index contributed by atoms with van der Waals surface area (Å²) in [5.74, 6) is 1.83. The lowest BCUT2D eigenvalue weighted by atomic mass is 10.1. The molecule has 21 heavy (non-hydrogen) atoms. The smallest absolute Gasteiger partial charge is 0.143 e. The molecule has 1 aromatic carbocycles. The van der Waals surface area contributed by atoms with Gasteiger partial charge in [0.05, 0.1) is 11.7 Å².